The van der Waals surface area contributed by atoms with Crippen molar-refractivity contribution in [1.29, 1.82) is 0 Å². The lowest BCUT2D eigenvalue weighted by Crippen LogP contribution is -2.25. The molecule has 0 aromatic heterocycles. The molecule has 1 aliphatic heterocycles. The minimum absolute atomic E-state index is 0.0147. The van der Waals surface area contributed by atoms with Crippen LogP contribution in [0.3, 0.4) is 0 Å². The zero-order chi connectivity index (χ0) is 13.1. The van der Waals surface area contributed by atoms with Crippen molar-refractivity contribution in [3.05, 3.63) is 36.0 Å². The maximum Gasteiger partial charge on any atom is 0.262 e. The van der Waals surface area contributed by atoms with Crippen LogP contribution in [0.4, 0.5) is 5.69 Å². The molecular formula is C13H14N2O3. The Morgan fingerprint density at radius 1 is 1.44 bits per heavy atom. The summed E-state index contributed by atoms with van der Waals surface area (Å²) in [4.78, 5) is 24.8. The predicted molar refractivity (Wildman–Crippen MR) is 67.7 cm³/mol. The van der Waals surface area contributed by atoms with Crippen LogP contribution in [-0.4, -0.2) is 37.3 Å². The van der Waals surface area contributed by atoms with E-state index in [1.54, 1.807) is 29.3 Å². The fourth-order valence-electron chi connectivity index (χ4n) is 1.55. The standard InChI is InChI=1S/C13H14N2O3/c1-15(2)6-5-11(16)9-3-4-12-10(7-9)14-13(17)8-18-12/h3-7H,8H2,1-2H3,(H,14,17). The molecule has 5 nitrogen and oxygen atoms in total. The lowest BCUT2D eigenvalue weighted by Gasteiger charge is -2.18. The van der Waals surface area contributed by atoms with Gasteiger partial charge in [0.05, 0.1) is 5.69 Å². The van der Waals surface area contributed by atoms with E-state index in [1.807, 2.05) is 14.1 Å². The van der Waals surface area contributed by atoms with Crippen molar-refractivity contribution in [2.75, 3.05) is 26.0 Å². The molecule has 0 spiro atoms. The van der Waals surface area contributed by atoms with Crippen LogP contribution < -0.4 is 10.1 Å². The molecule has 0 bridgehead atoms. The number of carbonyl (C=O) groups excluding carboxylic acids is 2. The molecule has 0 aliphatic carbocycles. The van der Waals surface area contributed by atoms with Gasteiger partial charge in [0.25, 0.3) is 5.91 Å². The summed E-state index contributed by atoms with van der Waals surface area (Å²) >= 11 is 0. The van der Waals surface area contributed by atoms with Crippen LogP contribution in [-0.2, 0) is 4.79 Å². The number of allylic oxidation sites excluding steroid dienone is 1. The van der Waals surface area contributed by atoms with Gasteiger partial charge in [-0.15, -0.1) is 0 Å². The molecule has 18 heavy (non-hydrogen) atoms. The summed E-state index contributed by atoms with van der Waals surface area (Å²) in [6.45, 7) is 0.0147. The van der Waals surface area contributed by atoms with Gasteiger partial charge in [0.1, 0.15) is 5.75 Å². The highest BCUT2D eigenvalue weighted by molar-refractivity contribution is 6.06. The summed E-state index contributed by atoms with van der Waals surface area (Å²) in [7, 11) is 3.68. The zero-order valence-electron chi connectivity index (χ0n) is 10.3. The van der Waals surface area contributed by atoms with Crippen molar-refractivity contribution in [3.63, 3.8) is 0 Å². The van der Waals surface area contributed by atoms with Crippen LogP contribution in [0, 0.1) is 0 Å². The quantitative estimate of drug-likeness (QED) is 0.644. The molecule has 0 saturated heterocycles. The van der Waals surface area contributed by atoms with Crippen LogP contribution in [0.5, 0.6) is 5.75 Å². The minimum atomic E-state index is -0.212. The molecule has 5 heteroatoms. The molecule has 0 unspecified atom stereocenters. The monoisotopic (exact) mass is 246 g/mol. The van der Waals surface area contributed by atoms with Gasteiger partial charge >= 0.3 is 0 Å². The number of ether oxygens (including phenoxy) is 1. The van der Waals surface area contributed by atoms with Crippen molar-refractivity contribution < 1.29 is 14.3 Å². The number of rotatable bonds is 3. The SMILES string of the molecule is CN(C)C=CC(=O)c1ccc2c(c1)NC(=O)CO2. The maximum atomic E-state index is 11.8. The number of carbonyl (C=O) groups is 2. The minimum Gasteiger partial charge on any atom is -0.482 e. The van der Waals surface area contributed by atoms with E-state index in [9.17, 15) is 9.59 Å². The van der Waals surface area contributed by atoms with Gasteiger partial charge in [-0.1, -0.05) is 0 Å². The van der Waals surface area contributed by atoms with E-state index in [0.29, 0.717) is 17.0 Å². The first kappa shape index (κ1) is 12.2. The second kappa shape index (κ2) is 4.91. The Bertz CT molecular complexity index is 521. The average Bonchev–Trinajstić information content (AvgIpc) is 2.34. The Balaban J connectivity index is 2.23. The molecule has 1 aromatic rings. The normalized spacial score (nSPS) is 13.8. The van der Waals surface area contributed by atoms with Gasteiger partial charge in [0.15, 0.2) is 12.4 Å². The first-order chi connectivity index (χ1) is 8.56. The Kier molecular flexibility index (Phi) is 3.32. The number of anilines is 1. The maximum absolute atomic E-state index is 11.8. The number of fused-ring (bicyclic) bond motifs is 1. The summed E-state index contributed by atoms with van der Waals surface area (Å²) in [5.74, 6) is 0.255. The van der Waals surface area contributed by atoms with Crippen molar-refractivity contribution in [1.82, 2.24) is 4.90 Å². The number of nitrogens with one attached hydrogen (secondary N) is 1. The Morgan fingerprint density at radius 3 is 2.94 bits per heavy atom. The third-order valence-electron chi connectivity index (χ3n) is 2.42. The topological polar surface area (TPSA) is 58.6 Å². The summed E-state index contributed by atoms with van der Waals surface area (Å²) in [5, 5.41) is 2.67. The molecule has 0 radical (unpaired) electrons. The molecular weight excluding hydrogens is 232 g/mol. The third-order valence-corrected chi connectivity index (χ3v) is 2.42. The molecule has 1 aliphatic rings. The van der Waals surface area contributed by atoms with E-state index < -0.39 is 0 Å². The number of hydrogen-bond acceptors (Lipinski definition) is 4. The molecule has 0 fully saturated rings. The number of amides is 1. The summed E-state index contributed by atoms with van der Waals surface area (Å²) in [6, 6.07) is 4.98. The highest BCUT2D eigenvalue weighted by atomic mass is 16.5. The Labute approximate surface area is 105 Å². The Hall–Kier alpha value is -2.30. The summed E-state index contributed by atoms with van der Waals surface area (Å²) < 4.78 is 5.22. The van der Waals surface area contributed by atoms with E-state index >= 15 is 0 Å². The molecule has 1 aromatic carbocycles. The first-order valence-electron chi connectivity index (χ1n) is 5.52. The number of hydrogen-bond donors (Lipinski definition) is 1. The van der Waals surface area contributed by atoms with Crippen LogP contribution in [0.2, 0.25) is 0 Å². The number of nitrogens with zero attached hydrogens (tertiary/aromatic N) is 1. The van der Waals surface area contributed by atoms with Crippen LogP contribution in [0.25, 0.3) is 0 Å². The molecule has 0 saturated carbocycles. The van der Waals surface area contributed by atoms with Gasteiger partial charge in [-0.3, -0.25) is 9.59 Å². The second-order valence-corrected chi connectivity index (χ2v) is 4.19. The highest BCUT2D eigenvalue weighted by Gasteiger charge is 2.16. The van der Waals surface area contributed by atoms with Crippen molar-refractivity contribution in [3.8, 4) is 5.75 Å². The summed E-state index contributed by atoms with van der Waals surface area (Å²) in [5.41, 5.74) is 1.05. The average molecular weight is 246 g/mol. The highest BCUT2D eigenvalue weighted by Crippen LogP contribution is 2.28. The Morgan fingerprint density at radius 2 is 2.22 bits per heavy atom. The number of ketones is 1. The van der Waals surface area contributed by atoms with E-state index in [4.69, 9.17) is 4.74 Å². The van der Waals surface area contributed by atoms with Gasteiger partial charge < -0.3 is 15.0 Å². The third kappa shape index (κ3) is 2.68. The molecule has 1 amide bonds. The fraction of sp³-hybridized carbons (Fsp3) is 0.231. The van der Waals surface area contributed by atoms with Gasteiger partial charge in [-0.2, -0.15) is 0 Å². The number of benzene rings is 1. The van der Waals surface area contributed by atoms with Crippen molar-refractivity contribution in [2.45, 2.75) is 0 Å². The summed E-state index contributed by atoms with van der Waals surface area (Å²) in [6.07, 6.45) is 3.16. The van der Waals surface area contributed by atoms with E-state index in [0.717, 1.165) is 0 Å². The smallest absolute Gasteiger partial charge is 0.262 e. The van der Waals surface area contributed by atoms with Gasteiger partial charge in [-0.25, -0.2) is 0 Å². The van der Waals surface area contributed by atoms with E-state index in [-0.39, 0.29) is 18.3 Å². The van der Waals surface area contributed by atoms with E-state index in [1.165, 1.54) is 6.08 Å². The second-order valence-electron chi connectivity index (χ2n) is 4.19. The molecule has 94 valence electrons. The van der Waals surface area contributed by atoms with Gasteiger partial charge in [0.2, 0.25) is 0 Å². The van der Waals surface area contributed by atoms with Crippen LogP contribution in [0.1, 0.15) is 10.4 Å². The van der Waals surface area contributed by atoms with E-state index in [2.05, 4.69) is 5.32 Å². The lowest BCUT2D eigenvalue weighted by atomic mass is 10.1. The largest absolute Gasteiger partial charge is 0.482 e. The molecule has 1 heterocycles. The molecule has 0 atom stereocenters. The zero-order valence-corrected chi connectivity index (χ0v) is 10.3. The predicted octanol–water partition coefficient (Wildman–Crippen LogP) is 1.28. The van der Waals surface area contributed by atoms with Crippen LogP contribution >= 0.6 is 0 Å². The van der Waals surface area contributed by atoms with Crippen molar-refractivity contribution in [2.24, 2.45) is 0 Å². The van der Waals surface area contributed by atoms with Crippen molar-refractivity contribution >= 4 is 17.4 Å². The molecule has 2 rings (SSSR count). The van der Waals surface area contributed by atoms with Gasteiger partial charge in [-0.05, 0) is 18.2 Å². The lowest BCUT2D eigenvalue weighted by molar-refractivity contribution is -0.118. The molecule has 1 N–H and O–H groups in total. The van der Waals surface area contributed by atoms with Crippen LogP contribution in [0.15, 0.2) is 30.5 Å². The fourth-order valence-corrected chi connectivity index (χ4v) is 1.55. The van der Waals surface area contributed by atoms with Gasteiger partial charge in [0, 0.05) is 31.9 Å². The first-order valence-corrected chi connectivity index (χ1v) is 5.52.